The lowest BCUT2D eigenvalue weighted by molar-refractivity contribution is 0.622. The molecule has 0 unspecified atom stereocenters. The average molecular weight is 247 g/mol. The van der Waals surface area contributed by atoms with Crippen molar-refractivity contribution in [3.63, 3.8) is 0 Å². The van der Waals surface area contributed by atoms with Gasteiger partial charge in [0.05, 0.1) is 0 Å². The van der Waals surface area contributed by atoms with Crippen LogP contribution < -0.4 is 5.73 Å². The van der Waals surface area contributed by atoms with Gasteiger partial charge in [-0.05, 0) is 25.5 Å². The van der Waals surface area contributed by atoms with Crippen molar-refractivity contribution < 1.29 is 4.39 Å². The fourth-order valence-electron chi connectivity index (χ4n) is 2.03. The van der Waals surface area contributed by atoms with Crippen LogP contribution in [0.25, 0.3) is 11.3 Å². The van der Waals surface area contributed by atoms with E-state index in [1.807, 2.05) is 11.5 Å². The van der Waals surface area contributed by atoms with Gasteiger partial charge in [0.1, 0.15) is 23.2 Å². The number of hydrogen-bond acceptors (Lipinski definition) is 2. The summed E-state index contributed by atoms with van der Waals surface area (Å²) in [7, 11) is 0. The quantitative estimate of drug-likeness (QED) is 0.900. The Morgan fingerprint density at radius 2 is 2.06 bits per heavy atom. The number of nitrogens with two attached hydrogens (primary N) is 1. The Balaban J connectivity index is 2.44. The second kappa shape index (κ2) is 5.21. The predicted molar refractivity (Wildman–Crippen MR) is 71.7 cm³/mol. The van der Waals surface area contributed by atoms with E-state index >= 15 is 0 Å². The summed E-state index contributed by atoms with van der Waals surface area (Å²) in [5, 5.41) is 0. The lowest BCUT2D eigenvalue weighted by Gasteiger charge is -2.06. The number of rotatable bonds is 4. The van der Waals surface area contributed by atoms with Gasteiger partial charge in [-0.15, -0.1) is 0 Å². The summed E-state index contributed by atoms with van der Waals surface area (Å²) in [5.74, 6) is 1.09. The number of nitrogens with zero attached hydrogens (tertiary/aromatic N) is 2. The van der Waals surface area contributed by atoms with Crippen molar-refractivity contribution in [2.24, 2.45) is 0 Å². The van der Waals surface area contributed by atoms with Crippen molar-refractivity contribution in [3.8, 4) is 11.3 Å². The van der Waals surface area contributed by atoms with Crippen molar-refractivity contribution in [2.75, 3.05) is 5.73 Å². The molecule has 1 aromatic carbocycles. The molecule has 0 aliphatic carbocycles. The molecule has 0 atom stereocenters. The van der Waals surface area contributed by atoms with Crippen molar-refractivity contribution in [3.05, 3.63) is 35.9 Å². The molecular weight excluding hydrogens is 229 g/mol. The molecule has 1 aromatic heterocycles. The molecule has 0 radical (unpaired) electrons. The van der Waals surface area contributed by atoms with Crippen LogP contribution in [0.3, 0.4) is 0 Å². The Bertz CT molecular complexity index is 546. The summed E-state index contributed by atoms with van der Waals surface area (Å²) >= 11 is 0. The Kier molecular flexibility index (Phi) is 3.65. The Morgan fingerprint density at radius 1 is 1.33 bits per heavy atom. The van der Waals surface area contributed by atoms with E-state index in [4.69, 9.17) is 5.73 Å². The van der Waals surface area contributed by atoms with Crippen LogP contribution in [0.1, 0.15) is 25.6 Å². The fraction of sp³-hybridized carbons (Fsp3) is 0.357. The van der Waals surface area contributed by atoms with Gasteiger partial charge >= 0.3 is 0 Å². The number of anilines is 1. The molecule has 1 heterocycles. The molecule has 96 valence electrons. The lowest BCUT2D eigenvalue weighted by Crippen LogP contribution is -2.05. The minimum Gasteiger partial charge on any atom is -0.383 e. The maximum atomic E-state index is 13.7. The molecule has 0 aliphatic heterocycles. The van der Waals surface area contributed by atoms with Gasteiger partial charge in [0.25, 0.3) is 0 Å². The van der Waals surface area contributed by atoms with Gasteiger partial charge in [-0.3, -0.25) is 0 Å². The van der Waals surface area contributed by atoms with Gasteiger partial charge in [-0.1, -0.05) is 25.5 Å². The first-order chi connectivity index (χ1) is 8.65. The summed E-state index contributed by atoms with van der Waals surface area (Å²) in [5.41, 5.74) is 7.09. The molecule has 3 nitrogen and oxygen atoms in total. The van der Waals surface area contributed by atoms with Gasteiger partial charge in [0.15, 0.2) is 0 Å². The molecule has 0 fully saturated rings. The molecule has 18 heavy (non-hydrogen) atoms. The van der Waals surface area contributed by atoms with Crippen LogP contribution in [0.2, 0.25) is 0 Å². The molecule has 0 saturated heterocycles. The Morgan fingerprint density at radius 3 is 2.72 bits per heavy atom. The van der Waals surface area contributed by atoms with Gasteiger partial charge in [0, 0.05) is 12.1 Å². The number of aryl methyl sites for hydroxylation is 1. The lowest BCUT2D eigenvalue weighted by atomic mass is 10.1. The molecule has 0 aliphatic rings. The zero-order valence-electron chi connectivity index (χ0n) is 10.8. The normalized spacial score (nSPS) is 10.8. The molecule has 0 amide bonds. The summed E-state index contributed by atoms with van der Waals surface area (Å²) in [6, 6.07) is 6.58. The average Bonchev–Trinajstić information content (AvgIpc) is 2.63. The molecule has 0 saturated carbocycles. The third-order valence-electron chi connectivity index (χ3n) is 3.06. The van der Waals surface area contributed by atoms with Crippen molar-refractivity contribution in [1.29, 1.82) is 0 Å². The first-order valence-corrected chi connectivity index (χ1v) is 6.22. The number of unbranched alkanes of at least 4 members (excludes halogenated alkanes) is 1. The van der Waals surface area contributed by atoms with Crippen LogP contribution in [-0.2, 0) is 6.54 Å². The maximum Gasteiger partial charge on any atom is 0.132 e. The van der Waals surface area contributed by atoms with Crippen molar-refractivity contribution >= 4 is 5.82 Å². The van der Waals surface area contributed by atoms with E-state index in [1.165, 1.54) is 6.07 Å². The third kappa shape index (κ3) is 2.23. The number of benzene rings is 1. The third-order valence-corrected chi connectivity index (χ3v) is 3.06. The van der Waals surface area contributed by atoms with Crippen LogP contribution in [-0.4, -0.2) is 9.55 Å². The predicted octanol–water partition coefficient (Wildman–Crippen LogP) is 3.38. The smallest absolute Gasteiger partial charge is 0.132 e. The monoisotopic (exact) mass is 247 g/mol. The van der Waals surface area contributed by atoms with E-state index in [1.54, 1.807) is 18.2 Å². The van der Waals surface area contributed by atoms with Crippen molar-refractivity contribution in [1.82, 2.24) is 9.55 Å². The SMILES string of the molecule is CCCCn1c(C)nc(-c2ccccc2F)c1N. The van der Waals surface area contributed by atoms with E-state index in [9.17, 15) is 4.39 Å². The van der Waals surface area contributed by atoms with Crippen LogP contribution in [0.15, 0.2) is 24.3 Å². The minimum atomic E-state index is -0.288. The standard InChI is InChI=1S/C14H18FN3/c1-3-4-9-18-10(2)17-13(14(18)16)11-7-5-6-8-12(11)15/h5-8H,3-4,9,16H2,1-2H3. The molecule has 0 bridgehead atoms. The highest BCUT2D eigenvalue weighted by atomic mass is 19.1. The number of aromatic nitrogens is 2. The topological polar surface area (TPSA) is 43.8 Å². The number of halogens is 1. The highest BCUT2D eigenvalue weighted by Crippen LogP contribution is 2.28. The highest BCUT2D eigenvalue weighted by molar-refractivity contribution is 5.71. The van der Waals surface area contributed by atoms with Crippen LogP contribution in [0.5, 0.6) is 0 Å². The molecule has 2 rings (SSSR count). The fourth-order valence-corrected chi connectivity index (χ4v) is 2.03. The molecular formula is C14H18FN3. The van der Waals surface area contributed by atoms with E-state index in [-0.39, 0.29) is 5.82 Å². The summed E-state index contributed by atoms with van der Waals surface area (Å²) in [6.45, 7) is 4.85. The van der Waals surface area contributed by atoms with Crippen molar-refractivity contribution in [2.45, 2.75) is 33.2 Å². The van der Waals surface area contributed by atoms with E-state index in [0.717, 1.165) is 25.2 Å². The van der Waals surface area contributed by atoms with Crippen LogP contribution in [0.4, 0.5) is 10.2 Å². The number of imidazole rings is 1. The maximum absolute atomic E-state index is 13.7. The summed E-state index contributed by atoms with van der Waals surface area (Å²) in [4.78, 5) is 4.39. The first kappa shape index (κ1) is 12.6. The minimum absolute atomic E-state index is 0.288. The summed E-state index contributed by atoms with van der Waals surface area (Å²) < 4.78 is 15.7. The number of hydrogen-bond donors (Lipinski definition) is 1. The Hall–Kier alpha value is -1.84. The molecule has 2 N–H and O–H groups in total. The largest absolute Gasteiger partial charge is 0.383 e. The zero-order valence-corrected chi connectivity index (χ0v) is 10.8. The first-order valence-electron chi connectivity index (χ1n) is 6.22. The van der Waals surface area contributed by atoms with Crippen LogP contribution in [0, 0.1) is 12.7 Å². The molecule has 2 aromatic rings. The van der Waals surface area contributed by atoms with E-state index < -0.39 is 0 Å². The number of nitrogen functional groups attached to an aromatic ring is 1. The molecule has 4 heteroatoms. The van der Waals surface area contributed by atoms with Crippen LogP contribution >= 0.6 is 0 Å². The highest BCUT2D eigenvalue weighted by Gasteiger charge is 2.15. The van der Waals surface area contributed by atoms with Gasteiger partial charge < -0.3 is 10.3 Å². The Labute approximate surface area is 106 Å². The zero-order chi connectivity index (χ0) is 13.1. The summed E-state index contributed by atoms with van der Waals surface area (Å²) in [6.07, 6.45) is 2.13. The second-order valence-corrected chi connectivity index (χ2v) is 4.38. The van der Waals surface area contributed by atoms with Gasteiger partial charge in [0.2, 0.25) is 0 Å². The second-order valence-electron chi connectivity index (χ2n) is 4.38. The van der Waals surface area contributed by atoms with Gasteiger partial charge in [-0.2, -0.15) is 0 Å². The van der Waals surface area contributed by atoms with E-state index in [2.05, 4.69) is 11.9 Å². The van der Waals surface area contributed by atoms with E-state index in [0.29, 0.717) is 17.1 Å². The molecule has 0 spiro atoms. The van der Waals surface area contributed by atoms with Gasteiger partial charge in [-0.25, -0.2) is 9.37 Å².